The highest BCUT2D eigenvalue weighted by Gasteiger charge is 2.15. The van der Waals surface area contributed by atoms with Gasteiger partial charge in [0.25, 0.3) is 5.69 Å². The largest absolute Gasteiger partial charge is 0.492 e. The molecule has 0 atom stereocenters. The minimum atomic E-state index is -0.466. The van der Waals surface area contributed by atoms with Gasteiger partial charge in [-0.25, -0.2) is 0 Å². The first-order valence-corrected chi connectivity index (χ1v) is 6.37. The summed E-state index contributed by atoms with van der Waals surface area (Å²) >= 11 is 3.15. The molecule has 0 aliphatic heterocycles. The smallest absolute Gasteiger partial charge is 0.287 e. The summed E-state index contributed by atoms with van der Waals surface area (Å²) in [5.41, 5.74) is -0.0174. The van der Waals surface area contributed by atoms with Crippen molar-refractivity contribution in [3.05, 3.63) is 32.8 Å². The number of nitro groups is 1. The van der Waals surface area contributed by atoms with Gasteiger partial charge in [0.1, 0.15) is 16.0 Å². The number of rotatable bonds is 7. The van der Waals surface area contributed by atoms with Crippen LogP contribution < -0.4 is 4.74 Å². The lowest BCUT2D eigenvalue weighted by Crippen LogP contribution is -2.00. The van der Waals surface area contributed by atoms with Gasteiger partial charge in [-0.1, -0.05) is 6.07 Å². The van der Waals surface area contributed by atoms with Crippen LogP contribution in [0.5, 0.6) is 5.75 Å². The van der Waals surface area contributed by atoms with Crippen LogP contribution in [0.1, 0.15) is 26.2 Å². The lowest BCUT2D eigenvalue weighted by atomic mass is 10.2. The maximum atomic E-state index is 10.7. The van der Waals surface area contributed by atoms with Crippen LogP contribution in [-0.2, 0) is 4.79 Å². The molecule has 0 saturated carbocycles. The Hall–Kier alpha value is -1.43. The zero-order chi connectivity index (χ0) is 13.5. The Labute approximate surface area is 113 Å². The van der Waals surface area contributed by atoms with Crippen molar-refractivity contribution in [1.29, 1.82) is 0 Å². The molecule has 0 saturated heterocycles. The van der Waals surface area contributed by atoms with Crippen LogP contribution in [0.4, 0.5) is 5.69 Å². The fourth-order valence-corrected chi connectivity index (χ4v) is 1.93. The highest BCUT2D eigenvalue weighted by Crippen LogP contribution is 2.33. The van der Waals surface area contributed by atoms with E-state index in [1.165, 1.54) is 6.07 Å². The van der Waals surface area contributed by atoms with Crippen LogP contribution in [-0.4, -0.2) is 17.3 Å². The van der Waals surface area contributed by atoms with E-state index in [1.807, 2.05) is 0 Å². The molecule has 0 N–H and O–H groups in total. The number of carbonyl (C=O) groups excluding carboxylic acids is 1. The summed E-state index contributed by atoms with van der Waals surface area (Å²) < 4.78 is 5.80. The molecule has 1 rings (SSSR count). The number of benzene rings is 1. The molecule has 98 valence electrons. The van der Waals surface area contributed by atoms with Gasteiger partial charge < -0.3 is 9.53 Å². The van der Waals surface area contributed by atoms with Gasteiger partial charge in [-0.05, 0) is 41.8 Å². The highest BCUT2D eigenvalue weighted by atomic mass is 79.9. The van der Waals surface area contributed by atoms with Gasteiger partial charge in [0.15, 0.2) is 0 Å². The summed E-state index contributed by atoms with van der Waals surface area (Å²) in [6.07, 6.45) is 2.05. The van der Waals surface area contributed by atoms with Crippen molar-refractivity contribution in [3.8, 4) is 5.75 Å². The average molecular weight is 316 g/mol. The van der Waals surface area contributed by atoms with Crippen molar-refractivity contribution >= 4 is 27.4 Å². The van der Waals surface area contributed by atoms with Crippen LogP contribution >= 0.6 is 15.9 Å². The van der Waals surface area contributed by atoms with E-state index in [9.17, 15) is 14.9 Å². The van der Waals surface area contributed by atoms with E-state index in [0.717, 1.165) is 12.8 Å². The summed E-state index contributed by atoms with van der Waals surface area (Å²) in [5, 5.41) is 10.7. The van der Waals surface area contributed by atoms with Gasteiger partial charge >= 0.3 is 0 Å². The van der Waals surface area contributed by atoms with Gasteiger partial charge in [-0.3, -0.25) is 10.1 Å². The number of halogens is 1. The summed E-state index contributed by atoms with van der Waals surface area (Å²) in [7, 11) is 0. The summed E-state index contributed by atoms with van der Waals surface area (Å²) in [4.78, 5) is 21.0. The lowest BCUT2D eigenvalue weighted by Gasteiger charge is -2.07. The van der Waals surface area contributed by atoms with Crippen molar-refractivity contribution in [2.24, 2.45) is 0 Å². The molecule has 0 aliphatic rings. The average Bonchev–Trinajstić information content (AvgIpc) is 2.30. The first-order chi connectivity index (χ1) is 8.52. The van der Waals surface area contributed by atoms with E-state index in [1.54, 1.807) is 19.1 Å². The van der Waals surface area contributed by atoms with Gasteiger partial charge in [-0.2, -0.15) is 0 Å². The number of nitrogens with zero attached hydrogens (tertiary/aromatic N) is 1. The minimum absolute atomic E-state index is 0.0174. The molecule has 0 amide bonds. The Morgan fingerprint density at radius 3 is 2.78 bits per heavy atom. The third-order valence-electron chi connectivity index (χ3n) is 2.32. The van der Waals surface area contributed by atoms with E-state index in [0.29, 0.717) is 23.2 Å². The third-order valence-corrected chi connectivity index (χ3v) is 3.12. The van der Waals surface area contributed by atoms with E-state index in [-0.39, 0.29) is 11.5 Å². The predicted molar refractivity (Wildman–Crippen MR) is 70.8 cm³/mol. The van der Waals surface area contributed by atoms with Crippen LogP contribution in [0, 0.1) is 10.1 Å². The van der Waals surface area contributed by atoms with Gasteiger partial charge in [-0.15, -0.1) is 0 Å². The second-order valence-electron chi connectivity index (χ2n) is 3.85. The van der Waals surface area contributed by atoms with Crippen LogP contribution in [0.2, 0.25) is 0 Å². The molecule has 6 heteroatoms. The predicted octanol–water partition coefficient (Wildman–Crippen LogP) is 3.50. The Morgan fingerprint density at radius 2 is 2.17 bits per heavy atom. The minimum Gasteiger partial charge on any atom is -0.492 e. The fourth-order valence-electron chi connectivity index (χ4n) is 1.41. The molecule has 18 heavy (non-hydrogen) atoms. The van der Waals surface area contributed by atoms with E-state index in [2.05, 4.69) is 15.9 Å². The Balaban J connectivity index is 2.50. The maximum absolute atomic E-state index is 10.7. The van der Waals surface area contributed by atoms with Gasteiger partial charge in [0.05, 0.1) is 11.5 Å². The molecule has 0 spiro atoms. The highest BCUT2D eigenvalue weighted by molar-refractivity contribution is 9.10. The second-order valence-corrected chi connectivity index (χ2v) is 4.65. The van der Waals surface area contributed by atoms with Crippen molar-refractivity contribution in [2.45, 2.75) is 26.2 Å². The zero-order valence-electron chi connectivity index (χ0n) is 10.0. The number of hydrogen-bond acceptors (Lipinski definition) is 4. The Morgan fingerprint density at radius 1 is 1.44 bits per heavy atom. The van der Waals surface area contributed by atoms with Crippen molar-refractivity contribution in [3.63, 3.8) is 0 Å². The molecular weight excluding hydrogens is 302 g/mol. The first-order valence-electron chi connectivity index (χ1n) is 5.57. The molecule has 5 nitrogen and oxygen atoms in total. The Bertz CT molecular complexity index is 448. The SMILES string of the molecule is CC(=O)CCCCOc1cccc([N+](=O)[O-])c1Br. The maximum Gasteiger partial charge on any atom is 0.287 e. The summed E-state index contributed by atoms with van der Waals surface area (Å²) in [6.45, 7) is 1.99. The molecule has 1 aromatic carbocycles. The van der Waals surface area contributed by atoms with E-state index >= 15 is 0 Å². The van der Waals surface area contributed by atoms with Crippen LogP contribution in [0.3, 0.4) is 0 Å². The van der Waals surface area contributed by atoms with E-state index in [4.69, 9.17) is 4.74 Å². The number of unbranched alkanes of at least 4 members (excludes halogenated alkanes) is 1. The summed E-state index contributed by atoms with van der Waals surface area (Å²) in [6, 6.07) is 4.66. The Kier molecular flexibility index (Phi) is 5.77. The molecule has 1 aromatic rings. The van der Waals surface area contributed by atoms with Crippen molar-refractivity contribution in [2.75, 3.05) is 6.61 Å². The topological polar surface area (TPSA) is 69.4 Å². The summed E-state index contributed by atoms with van der Waals surface area (Å²) in [5.74, 6) is 0.610. The quantitative estimate of drug-likeness (QED) is 0.438. The monoisotopic (exact) mass is 315 g/mol. The number of ether oxygens (including phenoxy) is 1. The third kappa shape index (κ3) is 4.44. The second kappa shape index (κ2) is 7.10. The zero-order valence-corrected chi connectivity index (χ0v) is 11.6. The molecule has 0 radical (unpaired) electrons. The standard InChI is InChI=1S/C12H14BrNO4/c1-9(15)5-2-3-8-18-11-7-4-6-10(12(11)13)14(16)17/h4,6-7H,2-3,5,8H2,1H3. The molecular formula is C12H14BrNO4. The normalized spacial score (nSPS) is 10.1. The van der Waals surface area contributed by atoms with Crippen LogP contribution in [0.25, 0.3) is 0 Å². The number of ketones is 1. The molecule has 0 heterocycles. The number of hydrogen-bond donors (Lipinski definition) is 0. The van der Waals surface area contributed by atoms with E-state index < -0.39 is 4.92 Å². The first kappa shape index (κ1) is 14.6. The van der Waals surface area contributed by atoms with Crippen LogP contribution in [0.15, 0.2) is 22.7 Å². The molecule has 0 bridgehead atoms. The molecule has 0 aliphatic carbocycles. The molecule has 0 fully saturated rings. The number of nitro benzene ring substituents is 1. The van der Waals surface area contributed by atoms with Gasteiger partial charge in [0.2, 0.25) is 0 Å². The fraction of sp³-hybridized carbons (Fsp3) is 0.417. The lowest BCUT2D eigenvalue weighted by molar-refractivity contribution is -0.385. The number of carbonyl (C=O) groups is 1. The van der Waals surface area contributed by atoms with Gasteiger partial charge in [0, 0.05) is 12.5 Å². The number of Topliss-reactive ketones (excluding diaryl/α,β-unsaturated/α-hetero) is 1. The molecule has 0 aromatic heterocycles. The van der Waals surface area contributed by atoms with Crippen molar-refractivity contribution < 1.29 is 14.5 Å². The van der Waals surface area contributed by atoms with Crippen molar-refractivity contribution in [1.82, 2.24) is 0 Å². The molecule has 0 unspecified atom stereocenters.